The van der Waals surface area contributed by atoms with E-state index in [-0.39, 0.29) is 18.6 Å². The number of amides is 1. The van der Waals surface area contributed by atoms with Gasteiger partial charge in [0.25, 0.3) is 5.91 Å². The van der Waals surface area contributed by atoms with E-state index in [4.69, 9.17) is 20.8 Å². The van der Waals surface area contributed by atoms with Gasteiger partial charge in [-0.15, -0.1) is 0 Å². The number of ether oxygens (including phenoxy) is 1. The van der Waals surface area contributed by atoms with E-state index in [9.17, 15) is 4.79 Å². The molecule has 0 fully saturated rings. The van der Waals surface area contributed by atoms with Crippen LogP contribution in [-0.4, -0.2) is 11.9 Å². The number of carbonyl (C=O) groups is 1. The van der Waals surface area contributed by atoms with Gasteiger partial charge in [-0.25, -0.2) is 0 Å². The maximum atomic E-state index is 11.9. The average Bonchev–Trinajstić information content (AvgIpc) is 2.94. The zero-order valence-electron chi connectivity index (χ0n) is 12.1. The highest BCUT2D eigenvalue weighted by molar-refractivity contribution is 6.30. The van der Waals surface area contributed by atoms with E-state index in [1.54, 1.807) is 24.3 Å². The standard InChI is InChI=1S/C16H18ClNO3/c1-3-11(2)18-16(19)15-8-7-14(21-15)10-20-13-6-4-5-12(17)9-13/h4-9,11H,3,10H2,1-2H3,(H,18,19). The lowest BCUT2D eigenvalue weighted by Gasteiger charge is -2.09. The van der Waals surface area contributed by atoms with Crippen LogP contribution in [0.15, 0.2) is 40.8 Å². The van der Waals surface area contributed by atoms with Gasteiger partial charge in [-0.05, 0) is 43.7 Å². The highest BCUT2D eigenvalue weighted by Gasteiger charge is 2.13. The van der Waals surface area contributed by atoms with Gasteiger partial charge in [-0.2, -0.15) is 0 Å². The Hall–Kier alpha value is -1.94. The van der Waals surface area contributed by atoms with Crippen LogP contribution in [0.2, 0.25) is 5.02 Å². The fraction of sp³-hybridized carbons (Fsp3) is 0.312. The summed E-state index contributed by atoms with van der Waals surface area (Å²) in [5.41, 5.74) is 0. The summed E-state index contributed by atoms with van der Waals surface area (Å²) >= 11 is 5.88. The third-order valence-corrected chi connectivity index (χ3v) is 3.29. The van der Waals surface area contributed by atoms with Crippen molar-refractivity contribution >= 4 is 17.5 Å². The summed E-state index contributed by atoms with van der Waals surface area (Å²) in [5, 5.41) is 3.46. The monoisotopic (exact) mass is 307 g/mol. The van der Waals surface area contributed by atoms with Gasteiger partial charge in [-0.1, -0.05) is 24.6 Å². The topological polar surface area (TPSA) is 51.5 Å². The average molecular weight is 308 g/mol. The minimum Gasteiger partial charge on any atom is -0.486 e. The largest absolute Gasteiger partial charge is 0.486 e. The molecule has 2 rings (SSSR count). The summed E-state index contributed by atoms with van der Waals surface area (Å²) in [4.78, 5) is 11.9. The van der Waals surface area contributed by atoms with Crippen molar-refractivity contribution in [3.8, 4) is 5.75 Å². The lowest BCUT2D eigenvalue weighted by molar-refractivity contribution is 0.0907. The maximum absolute atomic E-state index is 11.9. The van der Waals surface area contributed by atoms with Crippen molar-refractivity contribution in [2.75, 3.05) is 0 Å². The molecule has 1 unspecified atom stereocenters. The van der Waals surface area contributed by atoms with Crippen LogP contribution in [0.4, 0.5) is 0 Å². The molecular weight excluding hydrogens is 290 g/mol. The smallest absolute Gasteiger partial charge is 0.287 e. The summed E-state index contributed by atoms with van der Waals surface area (Å²) in [5.74, 6) is 1.33. The Bertz CT molecular complexity index is 609. The molecule has 1 amide bonds. The van der Waals surface area contributed by atoms with Gasteiger partial charge < -0.3 is 14.5 Å². The number of furan rings is 1. The van der Waals surface area contributed by atoms with Gasteiger partial charge in [0, 0.05) is 11.1 Å². The summed E-state index contributed by atoms with van der Waals surface area (Å²) in [6.45, 7) is 4.21. The van der Waals surface area contributed by atoms with Crippen molar-refractivity contribution in [3.05, 3.63) is 52.9 Å². The summed E-state index contributed by atoms with van der Waals surface area (Å²) in [6, 6.07) is 10.6. The molecule has 0 aliphatic carbocycles. The molecule has 0 radical (unpaired) electrons. The van der Waals surface area contributed by atoms with Gasteiger partial charge in [0.2, 0.25) is 0 Å². The molecule has 5 heteroatoms. The second-order valence-corrected chi connectivity index (χ2v) is 5.23. The van der Waals surface area contributed by atoms with Crippen molar-refractivity contribution in [2.24, 2.45) is 0 Å². The molecule has 2 aromatic rings. The molecule has 1 atom stereocenters. The number of halogens is 1. The van der Waals surface area contributed by atoms with Crippen LogP contribution in [0, 0.1) is 0 Å². The Morgan fingerprint density at radius 2 is 2.19 bits per heavy atom. The normalized spacial score (nSPS) is 12.0. The number of carbonyl (C=O) groups excluding carboxylic acids is 1. The van der Waals surface area contributed by atoms with E-state index in [0.29, 0.717) is 22.3 Å². The zero-order chi connectivity index (χ0) is 15.2. The first kappa shape index (κ1) is 15.4. The van der Waals surface area contributed by atoms with E-state index in [2.05, 4.69) is 5.32 Å². The number of hydrogen-bond donors (Lipinski definition) is 1. The SMILES string of the molecule is CCC(C)NC(=O)c1ccc(COc2cccc(Cl)c2)o1. The van der Waals surface area contributed by atoms with Crippen LogP contribution in [-0.2, 0) is 6.61 Å². The highest BCUT2D eigenvalue weighted by atomic mass is 35.5. The molecule has 21 heavy (non-hydrogen) atoms. The lowest BCUT2D eigenvalue weighted by Crippen LogP contribution is -2.31. The fourth-order valence-corrected chi connectivity index (χ4v) is 1.87. The predicted octanol–water partition coefficient (Wildman–Crippen LogP) is 4.04. The molecule has 0 spiro atoms. The first-order valence-corrected chi connectivity index (χ1v) is 7.24. The summed E-state index contributed by atoms with van der Waals surface area (Å²) in [7, 11) is 0. The lowest BCUT2D eigenvalue weighted by atomic mass is 10.2. The zero-order valence-corrected chi connectivity index (χ0v) is 12.8. The van der Waals surface area contributed by atoms with E-state index < -0.39 is 0 Å². The molecule has 0 aliphatic heterocycles. The predicted molar refractivity (Wildman–Crippen MR) is 81.7 cm³/mol. The van der Waals surface area contributed by atoms with Crippen molar-refractivity contribution < 1.29 is 13.9 Å². The van der Waals surface area contributed by atoms with Crippen molar-refractivity contribution in [1.29, 1.82) is 0 Å². The van der Waals surface area contributed by atoms with Crippen LogP contribution in [0.3, 0.4) is 0 Å². The van der Waals surface area contributed by atoms with E-state index in [1.165, 1.54) is 0 Å². The van der Waals surface area contributed by atoms with Crippen LogP contribution in [0.25, 0.3) is 0 Å². The summed E-state index contributed by atoms with van der Waals surface area (Å²) in [6.07, 6.45) is 0.872. The first-order valence-electron chi connectivity index (χ1n) is 6.86. The molecule has 0 aliphatic rings. The molecule has 1 aromatic heterocycles. The van der Waals surface area contributed by atoms with Crippen LogP contribution in [0.1, 0.15) is 36.6 Å². The molecule has 0 saturated carbocycles. The molecule has 112 valence electrons. The van der Waals surface area contributed by atoms with Gasteiger partial charge in [-0.3, -0.25) is 4.79 Å². The molecule has 0 saturated heterocycles. The number of hydrogen-bond acceptors (Lipinski definition) is 3. The molecular formula is C16H18ClNO3. The van der Waals surface area contributed by atoms with Crippen LogP contribution >= 0.6 is 11.6 Å². The van der Waals surface area contributed by atoms with Gasteiger partial charge in [0.15, 0.2) is 5.76 Å². The fourth-order valence-electron chi connectivity index (χ4n) is 1.69. The highest BCUT2D eigenvalue weighted by Crippen LogP contribution is 2.19. The Kier molecular flexibility index (Phi) is 5.28. The van der Waals surface area contributed by atoms with Gasteiger partial charge in [0.1, 0.15) is 18.1 Å². The van der Waals surface area contributed by atoms with E-state index in [1.807, 2.05) is 26.0 Å². The minimum absolute atomic E-state index is 0.119. The third kappa shape index (κ3) is 4.53. The summed E-state index contributed by atoms with van der Waals surface area (Å²) < 4.78 is 11.0. The molecule has 1 heterocycles. The minimum atomic E-state index is -0.210. The van der Waals surface area contributed by atoms with Crippen molar-refractivity contribution in [3.63, 3.8) is 0 Å². The van der Waals surface area contributed by atoms with Gasteiger partial charge >= 0.3 is 0 Å². The third-order valence-electron chi connectivity index (χ3n) is 3.05. The second-order valence-electron chi connectivity index (χ2n) is 4.79. The first-order chi connectivity index (χ1) is 10.1. The Morgan fingerprint density at radius 1 is 1.38 bits per heavy atom. The van der Waals surface area contributed by atoms with Crippen LogP contribution < -0.4 is 10.1 Å². The van der Waals surface area contributed by atoms with Crippen molar-refractivity contribution in [2.45, 2.75) is 32.9 Å². The Morgan fingerprint density at radius 3 is 2.90 bits per heavy atom. The molecule has 1 N–H and O–H groups in total. The number of rotatable bonds is 6. The Balaban J connectivity index is 1.92. The Labute approximate surface area is 129 Å². The molecule has 4 nitrogen and oxygen atoms in total. The van der Waals surface area contributed by atoms with E-state index in [0.717, 1.165) is 6.42 Å². The maximum Gasteiger partial charge on any atom is 0.287 e. The molecule has 0 bridgehead atoms. The second kappa shape index (κ2) is 7.18. The number of nitrogens with one attached hydrogen (secondary N) is 1. The number of benzene rings is 1. The van der Waals surface area contributed by atoms with E-state index >= 15 is 0 Å². The van der Waals surface area contributed by atoms with Crippen LogP contribution in [0.5, 0.6) is 5.75 Å². The molecule has 1 aromatic carbocycles. The van der Waals surface area contributed by atoms with Crippen molar-refractivity contribution in [1.82, 2.24) is 5.32 Å². The quantitative estimate of drug-likeness (QED) is 0.876. The van der Waals surface area contributed by atoms with Gasteiger partial charge in [0.05, 0.1) is 0 Å².